The summed E-state index contributed by atoms with van der Waals surface area (Å²) in [6, 6.07) is 27.6. The molecule has 5 rings (SSSR count). The van der Waals surface area contributed by atoms with Gasteiger partial charge in [0.15, 0.2) is 0 Å². The van der Waals surface area contributed by atoms with Crippen LogP contribution in [0, 0.1) is 0 Å². The number of anilines is 2. The van der Waals surface area contributed by atoms with Gasteiger partial charge in [0.2, 0.25) is 0 Å². The van der Waals surface area contributed by atoms with Crippen molar-refractivity contribution in [1.29, 1.82) is 0 Å². The second kappa shape index (κ2) is 6.67. The van der Waals surface area contributed by atoms with Gasteiger partial charge in [0.1, 0.15) is 0 Å². The highest BCUT2D eigenvalue weighted by Crippen LogP contribution is 2.37. The Balaban J connectivity index is 1.68. The minimum atomic E-state index is -0.102. The summed E-state index contributed by atoms with van der Waals surface area (Å²) in [5.41, 5.74) is 5.96. The summed E-state index contributed by atoms with van der Waals surface area (Å²) in [5.74, 6) is -0.102. The number of hydrogen-bond acceptors (Lipinski definition) is 3. The zero-order valence-corrected chi connectivity index (χ0v) is 15.0. The highest BCUT2D eigenvalue weighted by molar-refractivity contribution is 6.37. The first-order valence-electron chi connectivity index (χ1n) is 9.12. The van der Waals surface area contributed by atoms with Crippen molar-refractivity contribution < 1.29 is 4.79 Å². The first-order valence-corrected chi connectivity index (χ1v) is 9.12. The lowest BCUT2D eigenvalue weighted by Gasteiger charge is -2.15. The summed E-state index contributed by atoms with van der Waals surface area (Å²) in [4.78, 5) is 17.2. The molecule has 2 N–H and O–H groups in total. The van der Waals surface area contributed by atoms with E-state index in [4.69, 9.17) is 0 Å². The molecule has 0 bridgehead atoms. The molecule has 4 nitrogen and oxygen atoms in total. The fraction of sp³-hybridized carbons (Fsp3) is 0. The standard InChI is InChI=1S/C24H17N3O/c28-24-22(19-10-4-5-11-21(19)27-24)23(16-7-2-1-3-8-16)26-18-12-13-20-17(15-18)9-6-14-25-20/h1-15,26H,(H,27,28)/b23-22-. The molecule has 0 aliphatic carbocycles. The highest BCUT2D eigenvalue weighted by Gasteiger charge is 2.28. The molecule has 1 amide bonds. The van der Waals surface area contributed by atoms with Crippen molar-refractivity contribution in [3.05, 3.63) is 102 Å². The second-order valence-corrected chi connectivity index (χ2v) is 6.65. The van der Waals surface area contributed by atoms with Crippen LogP contribution in [0.4, 0.5) is 11.4 Å². The third kappa shape index (κ3) is 2.81. The molecular formula is C24H17N3O. The Bertz CT molecular complexity index is 1230. The normalized spacial score (nSPS) is 14.5. The van der Waals surface area contributed by atoms with Crippen molar-refractivity contribution >= 4 is 39.5 Å². The van der Waals surface area contributed by atoms with Crippen LogP contribution >= 0.6 is 0 Å². The molecule has 0 saturated carbocycles. The highest BCUT2D eigenvalue weighted by atomic mass is 16.2. The van der Waals surface area contributed by atoms with Gasteiger partial charge in [0.25, 0.3) is 5.91 Å². The van der Waals surface area contributed by atoms with Crippen molar-refractivity contribution in [1.82, 2.24) is 4.98 Å². The van der Waals surface area contributed by atoms with Crippen LogP contribution in [-0.4, -0.2) is 10.9 Å². The molecule has 1 aliphatic heterocycles. The SMILES string of the molecule is O=C1Nc2ccccc2/C1=C(/Nc1ccc2ncccc2c1)c1ccccc1. The number of benzene rings is 3. The van der Waals surface area contributed by atoms with E-state index in [-0.39, 0.29) is 5.91 Å². The average Bonchev–Trinajstić information content (AvgIpc) is 3.08. The maximum atomic E-state index is 12.8. The number of nitrogens with zero attached hydrogens (tertiary/aromatic N) is 1. The van der Waals surface area contributed by atoms with Gasteiger partial charge in [0, 0.05) is 28.5 Å². The number of fused-ring (bicyclic) bond motifs is 2. The van der Waals surface area contributed by atoms with Crippen LogP contribution in [0.5, 0.6) is 0 Å². The molecule has 0 unspecified atom stereocenters. The maximum absolute atomic E-state index is 12.8. The number of hydrogen-bond donors (Lipinski definition) is 2. The zero-order valence-electron chi connectivity index (χ0n) is 15.0. The molecule has 1 aromatic heterocycles. The van der Waals surface area contributed by atoms with Crippen LogP contribution in [0.15, 0.2) is 91.1 Å². The molecule has 0 fully saturated rings. The van der Waals surface area contributed by atoms with Crippen molar-refractivity contribution in [3.63, 3.8) is 0 Å². The van der Waals surface area contributed by atoms with E-state index in [9.17, 15) is 4.79 Å². The van der Waals surface area contributed by atoms with Gasteiger partial charge in [-0.25, -0.2) is 0 Å². The number of nitrogens with one attached hydrogen (secondary N) is 2. The Kier molecular flexibility index (Phi) is 3.87. The van der Waals surface area contributed by atoms with Gasteiger partial charge >= 0.3 is 0 Å². The summed E-state index contributed by atoms with van der Waals surface area (Å²) < 4.78 is 0. The Morgan fingerprint density at radius 3 is 2.57 bits per heavy atom. The molecule has 2 heterocycles. The number of para-hydroxylation sites is 1. The fourth-order valence-electron chi connectivity index (χ4n) is 3.55. The van der Waals surface area contributed by atoms with E-state index in [1.165, 1.54) is 0 Å². The summed E-state index contributed by atoms with van der Waals surface area (Å²) >= 11 is 0. The van der Waals surface area contributed by atoms with Crippen LogP contribution in [0.25, 0.3) is 22.2 Å². The molecule has 0 saturated heterocycles. The molecule has 0 radical (unpaired) electrons. The smallest absolute Gasteiger partial charge is 0.258 e. The van der Waals surface area contributed by atoms with Crippen LogP contribution in [-0.2, 0) is 4.79 Å². The third-order valence-electron chi connectivity index (χ3n) is 4.86. The number of pyridine rings is 1. The predicted octanol–water partition coefficient (Wildman–Crippen LogP) is 5.17. The van der Waals surface area contributed by atoms with E-state index >= 15 is 0 Å². The van der Waals surface area contributed by atoms with E-state index in [0.29, 0.717) is 5.57 Å². The van der Waals surface area contributed by atoms with E-state index < -0.39 is 0 Å². The molecule has 0 atom stereocenters. The number of aromatic nitrogens is 1. The van der Waals surface area contributed by atoms with Crippen molar-refractivity contribution in [3.8, 4) is 0 Å². The topological polar surface area (TPSA) is 54.0 Å². The Morgan fingerprint density at radius 2 is 1.68 bits per heavy atom. The largest absolute Gasteiger partial charge is 0.354 e. The van der Waals surface area contributed by atoms with Gasteiger partial charge in [0.05, 0.1) is 16.8 Å². The quantitative estimate of drug-likeness (QED) is 0.494. The third-order valence-corrected chi connectivity index (χ3v) is 4.86. The molecule has 4 aromatic rings. The molecule has 1 aliphatic rings. The summed E-state index contributed by atoms with van der Waals surface area (Å²) in [7, 11) is 0. The monoisotopic (exact) mass is 363 g/mol. The van der Waals surface area contributed by atoms with Gasteiger partial charge in [-0.3, -0.25) is 9.78 Å². The van der Waals surface area contributed by atoms with Crippen molar-refractivity contribution in [2.45, 2.75) is 0 Å². The summed E-state index contributed by atoms with van der Waals surface area (Å²) in [5, 5.41) is 7.50. The minimum absolute atomic E-state index is 0.102. The molecule has 4 heteroatoms. The van der Waals surface area contributed by atoms with Gasteiger partial charge in [-0.15, -0.1) is 0 Å². The van der Waals surface area contributed by atoms with Crippen LogP contribution in [0.2, 0.25) is 0 Å². The second-order valence-electron chi connectivity index (χ2n) is 6.65. The first-order chi connectivity index (χ1) is 13.8. The Morgan fingerprint density at radius 1 is 0.857 bits per heavy atom. The summed E-state index contributed by atoms with van der Waals surface area (Å²) in [6.07, 6.45) is 1.78. The lowest BCUT2D eigenvalue weighted by atomic mass is 10.00. The van der Waals surface area contributed by atoms with Gasteiger partial charge in [-0.05, 0) is 35.9 Å². The average molecular weight is 363 g/mol. The van der Waals surface area contributed by atoms with E-state index in [2.05, 4.69) is 15.6 Å². The molecule has 3 aromatic carbocycles. The van der Waals surface area contributed by atoms with Gasteiger partial charge < -0.3 is 10.6 Å². The minimum Gasteiger partial charge on any atom is -0.354 e. The number of amides is 1. The predicted molar refractivity (Wildman–Crippen MR) is 114 cm³/mol. The Labute approximate surface area is 162 Å². The lowest BCUT2D eigenvalue weighted by Crippen LogP contribution is -2.10. The van der Waals surface area contributed by atoms with Gasteiger partial charge in [-0.2, -0.15) is 0 Å². The first kappa shape index (κ1) is 16.3. The summed E-state index contributed by atoms with van der Waals surface area (Å²) in [6.45, 7) is 0. The Hall–Kier alpha value is -3.92. The number of carbonyl (C=O) groups excluding carboxylic acids is 1. The van der Waals surface area contributed by atoms with E-state index in [1.807, 2.05) is 84.9 Å². The van der Waals surface area contributed by atoms with Crippen LogP contribution in [0.3, 0.4) is 0 Å². The van der Waals surface area contributed by atoms with Crippen LogP contribution < -0.4 is 10.6 Å². The maximum Gasteiger partial charge on any atom is 0.258 e. The molecule has 134 valence electrons. The molecular weight excluding hydrogens is 346 g/mol. The zero-order chi connectivity index (χ0) is 18.9. The number of carbonyl (C=O) groups is 1. The van der Waals surface area contributed by atoms with Crippen molar-refractivity contribution in [2.75, 3.05) is 10.6 Å². The molecule has 28 heavy (non-hydrogen) atoms. The molecule has 0 spiro atoms. The van der Waals surface area contributed by atoms with Gasteiger partial charge in [-0.1, -0.05) is 54.6 Å². The lowest BCUT2D eigenvalue weighted by molar-refractivity contribution is -0.110. The van der Waals surface area contributed by atoms with Crippen molar-refractivity contribution in [2.24, 2.45) is 0 Å². The van der Waals surface area contributed by atoms with E-state index in [0.717, 1.165) is 39.1 Å². The number of rotatable bonds is 3. The fourth-order valence-corrected chi connectivity index (χ4v) is 3.55. The van der Waals surface area contributed by atoms with E-state index in [1.54, 1.807) is 6.20 Å². The van der Waals surface area contributed by atoms with Crippen LogP contribution in [0.1, 0.15) is 11.1 Å².